The Hall–Kier alpha value is -3.36. The molecule has 3 rings (SSSR count). The van der Waals surface area contributed by atoms with Crippen LogP contribution in [0.3, 0.4) is 0 Å². The van der Waals surface area contributed by atoms with Crippen LogP contribution >= 0.6 is 23.4 Å². The molecule has 0 fully saturated rings. The van der Waals surface area contributed by atoms with Gasteiger partial charge in [0.05, 0.1) is 10.7 Å². The minimum Gasteiger partial charge on any atom is -0.325 e. The molecule has 0 radical (unpaired) electrons. The number of hydrogen-bond donors (Lipinski definition) is 2. The number of carbonyl (C=O) groups excluding carboxylic acids is 2. The SMILES string of the molecule is O=C(CSc1ccc(NC(=O)c2ccc([N+](=O)[O-])cc2)cc1)Nc1cccc(Cl)c1. The highest BCUT2D eigenvalue weighted by atomic mass is 35.5. The molecule has 3 aromatic carbocycles. The predicted octanol–water partition coefficient (Wildman–Crippen LogP) is 5.23. The first-order valence-electron chi connectivity index (χ1n) is 8.75. The van der Waals surface area contributed by atoms with E-state index in [-0.39, 0.29) is 23.3 Å². The first kappa shape index (κ1) is 21.4. The lowest BCUT2D eigenvalue weighted by atomic mass is 10.2. The third-order valence-corrected chi connectivity index (χ3v) is 5.18. The van der Waals surface area contributed by atoms with E-state index in [9.17, 15) is 19.7 Å². The summed E-state index contributed by atoms with van der Waals surface area (Å²) in [7, 11) is 0. The minimum atomic E-state index is -0.521. The molecular weight excluding hydrogens is 426 g/mol. The average molecular weight is 442 g/mol. The topological polar surface area (TPSA) is 101 Å². The number of halogens is 1. The van der Waals surface area contributed by atoms with Gasteiger partial charge in [-0.25, -0.2) is 0 Å². The minimum absolute atomic E-state index is 0.0765. The monoisotopic (exact) mass is 441 g/mol. The normalized spacial score (nSPS) is 10.3. The molecule has 0 bridgehead atoms. The highest BCUT2D eigenvalue weighted by Crippen LogP contribution is 2.22. The van der Waals surface area contributed by atoms with Crippen LogP contribution in [0.2, 0.25) is 5.02 Å². The van der Waals surface area contributed by atoms with E-state index in [1.54, 1.807) is 48.5 Å². The van der Waals surface area contributed by atoms with Crippen LogP contribution in [-0.4, -0.2) is 22.5 Å². The molecule has 30 heavy (non-hydrogen) atoms. The summed E-state index contributed by atoms with van der Waals surface area (Å²) < 4.78 is 0. The van der Waals surface area contributed by atoms with Crippen LogP contribution in [0, 0.1) is 10.1 Å². The summed E-state index contributed by atoms with van der Waals surface area (Å²) in [5.74, 6) is -0.301. The van der Waals surface area contributed by atoms with Crippen molar-refractivity contribution in [1.29, 1.82) is 0 Å². The molecule has 2 amide bonds. The summed E-state index contributed by atoms with van der Waals surface area (Å²) >= 11 is 7.26. The number of nitro benzene ring substituents is 1. The zero-order valence-corrected chi connectivity index (χ0v) is 17.1. The Kier molecular flexibility index (Phi) is 7.05. The van der Waals surface area contributed by atoms with Crippen LogP contribution in [0.1, 0.15) is 10.4 Å². The van der Waals surface area contributed by atoms with E-state index in [0.717, 1.165) is 4.90 Å². The molecule has 0 unspecified atom stereocenters. The average Bonchev–Trinajstić information content (AvgIpc) is 2.73. The Bertz CT molecular complexity index is 1070. The number of thioether (sulfide) groups is 1. The van der Waals surface area contributed by atoms with Gasteiger partial charge in [0.25, 0.3) is 11.6 Å². The molecule has 0 aliphatic heterocycles. The van der Waals surface area contributed by atoms with Crippen molar-refractivity contribution >= 4 is 52.2 Å². The van der Waals surface area contributed by atoms with Crippen LogP contribution in [-0.2, 0) is 4.79 Å². The van der Waals surface area contributed by atoms with Crippen molar-refractivity contribution in [2.45, 2.75) is 4.90 Å². The number of amides is 2. The molecular formula is C21H16ClN3O4S. The van der Waals surface area contributed by atoms with Crippen LogP contribution in [0.15, 0.2) is 77.7 Å². The molecule has 0 atom stereocenters. The molecule has 0 saturated heterocycles. The van der Waals surface area contributed by atoms with Crippen molar-refractivity contribution in [3.05, 3.63) is 93.5 Å². The first-order chi connectivity index (χ1) is 14.4. The maximum Gasteiger partial charge on any atom is 0.269 e. The Morgan fingerprint density at radius 1 is 0.933 bits per heavy atom. The molecule has 152 valence electrons. The first-order valence-corrected chi connectivity index (χ1v) is 10.1. The van der Waals surface area contributed by atoms with Gasteiger partial charge in [0.15, 0.2) is 0 Å². The number of rotatable bonds is 7. The quantitative estimate of drug-likeness (QED) is 0.297. The second-order valence-corrected chi connectivity index (χ2v) is 7.61. The van der Waals surface area contributed by atoms with E-state index in [2.05, 4.69) is 10.6 Å². The number of non-ortho nitro benzene ring substituents is 1. The van der Waals surface area contributed by atoms with Gasteiger partial charge < -0.3 is 10.6 Å². The molecule has 0 aromatic heterocycles. The molecule has 9 heteroatoms. The van der Waals surface area contributed by atoms with Crippen LogP contribution in [0.5, 0.6) is 0 Å². The number of nitro groups is 1. The van der Waals surface area contributed by atoms with Crippen LogP contribution in [0.25, 0.3) is 0 Å². The van der Waals surface area contributed by atoms with Gasteiger partial charge in [-0.1, -0.05) is 17.7 Å². The predicted molar refractivity (Wildman–Crippen MR) is 118 cm³/mol. The molecule has 3 aromatic rings. The van der Waals surface area contributed by atoms with Crippen molar-refractivity contribution in [3.63, 3.8) is 0 Å². The van der Waals surface area contributed by atoms with E-state index in [0.29, 0.717) is 22.0 Å². The lowest BCUT2D eigenvalue weighted by Gasteiger charge is -2.07. The van der Waals surface area contributed by atoms with E-state index in [4.69, 9.17) is 11.6 Å². The Morgan fingerprint density at radius 3 is 2.27 bits per heavy atom. The van der Waals surface area contributed by atoms with Gasteiger partial charge in [-0.05, 0) is 54.6 Å². The van der Waals surface area contributed by atoms with Gasteiger partial charge >= 0.3 is 0 Å². The van der Waals surface area contributed by atoms with Crippen molar-refractivity contribution < 1.29 is 14.5 Å². The third kappa shape index (κ3) is 6.07. The number of benzene rings is 3. The van der Waals surface area contributed by atoms with Crippen molar-refractivity contribution in [1.82, 2.24) is 0 Å². The molecule has 7 nitrogen and oxygen atoms in total. The van der Waals surface area contributed by atoms with Crippen molar-refractivity contribution in [3.8, 4) is 0 Å². The number of nitrogens with zero attached hydrogens (tertiary/aromatic N) is 1. The highest BCUT2D eigenvalue weighted by molar-refractivity contribution is 8.00. The zero-order chi connectivity index (χ0) is 21.5. The zero-order valence-electron chi connectivity index (χ0n) is 15.5. The Labute approximate surface area is 181 Å². The van der Waals surface area contributed by atoms with Crippen LogP contribution < -0.4 is 10.6 Å². The van der Waals surface area contributed by atoms with Gasteiger partial charge in [0.1, 0.15) is 0 Å². The maximum atomic E-state index is 12.2. The number of hydrogen-bond acceptors (Lipinski definition) is 5. The second-order valence-electron chi connectivity index (χ2n) is 6.13. The summed E-state index contributed by atoms with van der Waals surface area (Å²) in [4.78, 5) is 35.3. The molecule has 2 N–H and O–H groups in total. The van der Waals surface area contributed by atoms with Gasteiger partial charge in [-0.2, -0.15) is 0 Å². The largest absolute Gasteiger partial charge is 0.325 e. The van der Waals surface area contributed by atoms with Gasteiger partial charge in [0, 0.05) is 39.0 Å². The fourth-order valence-corrected chi connectivity index (χ4v) is 3.37. The molecule has 0 aliphatic rings. The summed E-state index contributed by atoms with van der Waals surface area (Å²) in [6.45, 7) is 0. The van der Waals surface area contributed by atoms with E-state index < -0.39 is 4.92 Å². The Balaban J connectivity index is 1.51. The number of nitrogens with one attached hydrogen (secondary N) is 2. The molecule has 0 spiro atoms. The van der Waals surface area contributed by atoms with E-state index in [1.807, 2.05) is 0 Å². The molecule has 0 saturated carbocycles. The number of anilines is 2. The van der Waals surface area contributed by atoms with Crippen LogP contribution in [0.4, 0.5) is 17.1 Å². The fourth-order valence-electron chi connectivity index (χ4n) is 2.48. The summed E-state index contributed by atoms with van der Waals surface area (Å²) in [5.41, 5.74) is 1.45. The molecule has 0 aliphatic carbocycles. The maximum absolute atomic E-state index is 12.2. The smallest absolute Gasteiger partial charge is 0.269 e. The van der Waals surface area contributed by atoms with E-state index in [1.165, 1.54) is 36.0 Å². The Morgan fingerprint density at radius 2 is 1.63 bits per heavy atom. The molecule has 0 heterocycles. The highest BCUT2D eigenvalue weighted by Gasteiger charge is 2.10. The summed E-state index contributed by atoms with van der Waals surface area (Å²) in [5, 5.41) is 16.7. The van der Waals surface area contributed by atoms with Gasteiger partial charge in [-0.15, -0.1) is 11.8 Å². The fraction of sp³-hybridized carbons (Fsp3) is 0.0476. The third-order valence-electron chi connectivity index (χ3n) is 3.93. The van der Waals surface area contributed by atoms with Crippen molar-refractivity contribution in [2.24, 2.45) is 0 Å². The van der Waals surface area contributed by atoms with Gasteiger partial charge in [-0.3, -0.25) is 19.7 Å². The summed E-state index contributed by atoms with van der Waals surface area (Å²) in [6, 6.07) is 19.3. The van der Waals surface area contributed by atoms with Gasteiger partial charge in [0.2, 0.25) is 5.91 Å². The van der Waals surface area contributed by atoms with E-state index >= 15 is 0 Å². The number of carbonyl (C=O) groups is 2. The second kappa shape index (κ2) is 9.91. The summed E-state index contributed by atoms with van der Waals surface area (Å²) in [6.07, 6.45) is 0. The van der Waals surface area contributed by atoms with Crippen molar-refractivity contribution in [2.75, 3.05) is 16.4 Å². The standard InChI is InChI=1S/C21H16ClN3O4S/c22-15-2-1-3-17(12-15)23-20(26)13-30-19-10-6-16(7-11-19)24-21(27)14-4-8-18(9-5-14)25(28)29/h1-12H,13H2,(H,23,26)(H,24,27). The lowest BCUT2D eigenvalue weighted by Crippen LogP contribution is -2.14. The lowest BCUT2D eigenvalue weighted by molar-refractivity contribution is -0.384.